The number of hydrogen-bond acceptors (Lipinski definition) is 5. The Morgan fingerprint density at radius 1 is 1.29 bits per heavy atom. The third kappa shape index (κ3) is 2.15. The van der Waals surface area contributed by atoms with Gasteiger partial charge in [0, 0.05) is 9.75 Å². The molecule has 3 nitrogen and oxygen atoms in total. The van der Waals surface area contributed by atoms with E-state index in [1.807, 2.05) is 11.3 Å². The first kappa shape index (κ1) is 13.2. The van der Waals surface area contributed by atoms with Gasteiger partial charge in [0.25, 0.3) is 0 Å². The van der Waals surface area contributed by atoms with Crippen molar-refractivity contribution >= 4 is 38.7 Å². The summed E-state index contributed by atoms with van der Waals surface area (Å²) < 4.78 is 0. The lowest BCUT2D eigenvalue weighted by Crippen LogP contribution is -2.16. The summed E-state index contributed by atoms with van der Waals surface area (Å²) in [5, 5.41) is 7.09. The summed E-state index contributed by atoms with van der Waals surface area (Å²) in [5.74, 6) is 0.992. The van der Waals surface area contributed by atoms with Crippen LogP contribution in [0.1, 0.15) is 39.8 Å². The highest BCUT2D eigenvalue weighted by Crippen LogP contribution is 2.38. The van der Waals surface area contributed by atoms with Crippen molar-refractivity contribution < 1.29 is 0 Å². The molecule has 1 unspecified atom stereocenters. The van der Waals surface area contributed by atoms with E-state index in [1.165, 1.54) is 45.5 Å². The molecule has 1 aliphatic rings. The molecule has 0 amide bonds. The van der Waals surface area contributed by atoms with E-state index in [0.717, 1.165) is 10.6 Å². The topological polar surface area (TPSA) is 37.8 Å². The molecule has 108 valence electrons. The predicted molar refractivity (Wildman–Crippen MR) is 90.5 cm³/mol. The maximum Gasteiger partial charge on any atom is 0.138 e. The first-order valence-corrected chi connectivity index (χ1v) is 8.97. The molecule has 3 aromatic rings. The van der Waals surface area contributed by atoms with Crippen LogP contribution in [-0.4, -0.2) is 9.97 Å². The van der Waals surface area contributed by atoms with Gasteiger partial charge in [0.1, 0.15) is 17.0 Å². The molecule has 0 saturated heterocycles. The minimum atomic E-state index is 0.387. The molecule has 5 heteroatoms. The average Bonchev–Trinajstić information content (AvgIpc) is 3.06. The molecule has 1 atom stereocenters. The number of thiophene rings is 2. The monoisotopic (exact) mass is 315 g/mol. The van der Waals surface area contributed by atoms with E-state index >= 15 is 0 Å². The summed E-state index contributed by atoms with van der Waals surface area (Å²) in [7, 11) is 0. The second-order valence-electron chi connectivity index (χ2n) is 5.57. The molecule has 0 bridgehead atoms. The van der Waals surface area contributed by atoms with Crippen LogP contribution in [0.3, 0.4) is 0 Å². The van der Waals surface area contributed by atoms with E-state index < -0.39 is 0 Å². The predicted octanol–water partition coefficient (Wildman–Crippen LogP) is 4.86. The molecule has 3 heterocycles. The highest BCUT2D eigenvalue weighted by molar-refractivity contribution is 7.18. The standard InChI is InChI=1S/C16H17N3S2/c1-9-10(2)21-16-14(9)15(17-8-18-16)19-12-4-3-5-13-11(12)6-7-20-13/h6-8,12H,3-5H2,1-2H3,(H,17,18,19). The van der Waals surface area contributed by atoms with Crippen LogP contribution in [0.25, 0.3) is 10.2 Å². The lowest BCUT2D eigenvalue weighted by Gasteiger charge is -2.24. The van der Waals surface area contributed by atoms with E-state index in [2.05, 4.69) is 40.6 Å². The van der Waals surface area contributed by atoms with Crippen molar-refractivity contribution in [1.29, 1.82) is 0 Å². The Hall–Kier alpha value is -1.46. The van der Waals surface area contributed by atoms with Crippen LogP contribution in [0.4, 0.5) is 5.82 Å². The van der Waals surface area contributed by atoms with Gasteiger partial charge in [-0.15, -0.1) is 22.7 Å². The summed E-state index contributed by atoms with van der Waals surface area (Å²) in [6.07, 6.45) is 5.33. The van der Waals surface area contributed by atoms with Gasteiger partial charge in [0.2, 0.25) is 0 Å². The minimum Gasteiger partial charge on any atom is -0.363 e. The van der Waals surface area contributed by atoms with Gasteiger partial charge in [-0.3, -0.25) is 0 Å². The Bertz CT molecular complexity index is 803. The van der Waals surface area contributed by atoms with Gasteiger partial charge in [0.05, 0.1) is 11.4 Å². The zero-order chi connectivity index (χ0) is 14.4. The van der Waals surface area contributed by atoms with Gasteiger partial charge in [-0.05, 0) is 55.7 Å². The van der Waals surface area contributed by atoms with Crippen LogP contribution in [0.15, 0.2) is 17.8 Å². The molecule has 21 heavy (non-hydrogen) atoms. The highest BCUT2D eigenvalue weighted by Gasteiger charge is 2.22. The average molecular weight is 315 g/mol. The van der Waals surface area contributed by atoms with Crippen LogP contribution >= 0.6 is 22.7 Å². The fraction of sp³-hybridized carbons (Fsp3) is 0.375. The molecule has 3 aromatic heterocycles. The molecular weight excluding hydrogens is 298 g/mol. The smallest absolute Gasteiger partial charge is 0.138 e. The summed E-state index contributed by atoms with van der Waals surface area (Å²) in [5.41, 5.74) is 2.77. The molecule has 1 N–H and O–H groups in total. The SMILES string of the molecule is Cc1sc2ncnc(NC3CCCc4sccc43)c2c1C. The van der Waals surface area contributed by atoms with Crippen molar-refractivity contribution in [1.82, 2.24) is 9.97 Å². The largest absolute Gasteiger partial charge is 0.363 e. The van der Waals surface area contributed by atoms with E-state index in [9.17, 15) is 0 Å². The van der Waals surface area contributed by atoms with Gasteiger partial charge in [0.15, 0.2) is 0 Å². The quantitative estimate of drug-likeness (QED) is 0.734. The summed E-state index contributed by atoms with van der Waals surface area (Å²) in [6, 6.07) is 2.65. The lowest BCUT2D eigenvalue weighted by molar-refractivity contribution is 0.607. The number of aryl methyl sites for hydroxylation is 3. The number of anilines is 1. The van der Waals surface area contributed by atoms with Crippen molar-refractivity contribution in [3.8, 4) is 0 Å². The fourth-order valence-corrected chi connectivity index (χ4v) is 5.08. The van der Waals surface area contributed by atoms with Gasteiger partial charge < -0.3 is 5.32 Å². The second kappa shape index (κ2) is 5.07. The van der Waals surface area contributed by atoms with Crippen molar-refractivity contribution in [3.05, 3.63) is 38.7 Å². The van der Waals surface area contributed by atoms with Crippen LogP contribution in [0, 0.1) is 13.8 Å². The van der Waals surface area contributed by atoms with E-state index in [4.69, 9.17) is 0 Å². The summed E-state index contributed by atoms with van der Waals surface area (Å²) in [4.78, 5) is 12.9. The fourth-order valence-electron chi connectivity index (χ4n) is 3.09. The number of aromatic nitrogens is 2. The van der Waals surface area contributed by atoms with Crippen LogP contribution in [0.5, 0.6) is 0 Å². The third-order valence-corrected chi connectivity index (χ3v) is 6.44. The Labute approximate surface area is 132 Å². The number of nitrogens with one attached hydrogen (secondary N) is 1. The molecule has 1 aliphatic carbocycles. The first-order chi connectivity index (χ1) is 10.2. The Morgan fingerprint density at radius 3 is 3.10 bits per heavy atom. The van der Waals surface area contributed by atoms with Crippen LogP contribution in [0.2, 0.25) is 0 Å². The number of hydrogen-bond donors (Lipinski definition) is 1. The normalized spacial score (nSPS) is 17.9. The Morgan fingerprint density at radius 2 is 2.19 bits per heavy atom. The first-order valence-electron chi connectivity index (χ1n) is 7.27. The van der Waals surface area contributed by atoms with Crippen molar-refractivity contribution in [2.45, 2.75) is 39.2 Å². The maximum absolute atomic E-state index is 4.52. The van der Waals surface area contributed by atoms with Gasteiger partial charge in [-0.25, -0.2) is 9.97 Å². The van der Waals surface area contributed by atoms with Gasteiger partial charge >= 0.3 is 0 Å². The van der Waals surface area contributed by atoms with E-state index in [0.29, 0.717) is 6.04 Å². The molecule has 0 fully saturated rings. The molecule has 0 aromatic carbocycles. The summed E-state index contributed by atoms with van der Waals surface area (Å²) in [6.45, 7) is 4.32. The molecule has 0 radical (unpaired) electrons. The number of nitrogens with zero attached hydrogens (tertiary/aromatic N) is 2. The van der Waals surface area contributed by atoms with Gasteiger partial charge in [-0.1, -0.05) is 0 Å². The zero-order valence-electron chi connectivity index (χ0n) is 12.1. The Balaban J connectivity index is 1.76. The summed E-state index contributed by atoms with van der Waals surface area (Å²) >= 11 is 3.63. The van der Waals surface area contributed by atoms with E-state index in [1.54, 1.807) is 17.7 Å². The van der Waals surface area contributed by atoms with Crippen molar-refractivity contribution in [3.63, 3.8) is 0 Å². The maximum atomic E-state index is 4.52. The molecule has 0 spiro atoms. The lowest BCUT2D eigenvalue weighted by atomic mass is 9.94. The molecule has 0 aliphatic heterocycles. The van der Waals surface area contributed by atoms with Crippen LogP contribution in [-0.2, 0) is 6.42 Å². The molecular formula is C16H17N3S2. The van der Waals surface area contributed by atoms with Crippen molar-refractivity contribution in [2.24, 2.45) is 0 Å². The number of fused-ring (bicyclic) bond motifs is 2. The molecule has 4 rings (SSSR count). The van der Waals surface area contributed by atoms with Gasteiger partial charge in [-0.2, -0.15) is 0 Å². The zero-order valence-corrected chi connectivity index (χ0v) is 13.8. The van der Waals surface area contributed by atoms with Crippen molar-refractivity contribution in [2.75, 3.05) is 5.32 Å². The van der Waals surface area contributed by atoms with Crippen LogP contribution < -0.4 is 5.32 Å². The minimum absolute atomic E-state index is 0.387. The van der Waals surface area contributed by atoms with E-state index in [-0.39, 0.29) is 0 Å². The third-order valence-electron chi connectivity index (χ3n) is 4.33. The highest BCUT2D eigenvalue weighted by atomic mass is 32.1. The second-order valence-corrected chi connectivity index (χ2v) is 7.78. The molecule has 0 saturated carbocycles. The Kier molecular flexibility index (Phi) is 3.19. The number of rotatable bonds is 2.